The maximum atomic E-state index is 11.5. The molecule has 1 aromatic heterocycles. The normalized spacial score (nSPS) is 12.1. The summed E-state index contributed by atoms with van der Waals surface area (Å²) in [5.74, 6) is -1.51. The molecule has 0 bridgehead atoms. The first-order chi connectivity index (χ1) is 7.65. The van der Waals surface area contributed by atoms with Gasteiger partial charge in [-0.05, 0) is 18.0 Å². The lowest BCUT2D eigenvalue weighted by Crippen LogP contribution is -2.40. The number of aliphatic carboxylic acids is 1. The number of unbranched alkanes of at least 4 members (excludes halogenated alkanes) is 1. The molecule has 0 radical (unpaired) electrons. The molecule has 7 heteroatoms. The molecule has 16 heavy (non-hydrogen) atoms. The minimum Gasteiger partial charge on any atom is -0.480 e. The van der Waals surface area contributed by atoms with E-state index in [1.165, 1.54) is 5.38 Å². The number of hydrogen-bond acceptors (Lipinski definition) is 5. The number of amides is 1. The fourth-order valence-corrected chi connectivity index (χ4v) is 1.60. The van der Waals surface area contributed by atoms with Crippen molar-refractivity contribution in [1.82, 2.24) is 14.9 Å². The zero-order valence-corrected chi connectivity index (χ0v) is 9.66. The van der Waals surface area contributed by atoms with Gasteiger partial charge in [0.25, 0.3) is 5.91 Å². The second kappa shape index (κ2) is 6.16. The molecule has 0 spiro atoms. The molecule has 0 aliphatic rings. The van der Waals surface area contributed by atoms with Crippen LogP contribution in [0.3, 0.4) is 0 Å². The summed E-state index contributed by atoms with van der Waals surface area (Å²) >= 11 is 1.05. The van der Waals surface area contributed by atoms with Crippen LogP contribution in [0.1, 0.15) is 36.7 Å². The fourth-order valence-electron chi connectivity index (χ4n) is 1.16. The SMILES string of the molecule is CCCC[C@@H](NC(=O)c1csnn1)C(=O)O. The number of nitrogens with one attached hydrogen (secondary N) is 1. The summed E-state index contributed by atoms with van der Waals surface area (Å²) in [4.78, 5) is 22.4. The number of carboxylic acids is 1. The first kappa shape index (κ1) is 12.6. The maximum Gasteiger partial charge on any atom is 0.326 e. The summed E-state index contributed by atoms with van der Waals surface area (Å²) in [6, 6.07) is -0.853. The molecule has 0 aliphatic heterocycles. The van der Waals surface area contributed by atoms with E-state index < -0.39 is 17.9 Å². The van der Waals surface area contributed by atoms with Gasteiger partial charge in [-0.2, -0.15) is 0 Å². The first-order valence-electron chi connectivity index (χ1n) is 4.96. The van der Waals surface area contributed by atoms with Crippen molar-refractivity contribution in [3.8, 4) is 0 Å². The second-order valence-corrected chi connectivity index (χ2v) is 3.91. The van der Waals surface area contributed by atoms with Crippen molar-refractivity contribution in [3.63, 3.8) is 0 Å². The molecular weight excluding hydrogens is 230 g/mol. The zero-order chi connectivity index (χ0) is 12.0. The van der Waals surface area contributed by atoms with Crippen LogP contribution in [0.25, 0.3) is 0 Å². The van der Waals surface area contributed by atoms with Gasteiger partial charge in [-0.25, -0.2) is 4.79 Å². The average molecular weight is 243 g/mol. The Kier molecular flexibility index (Phi) is 4.84. The largest absolute Gasteiger partial charge is 0.480 e. The third-order valence-electron chi connectivity index (χ3n) is 2.04. The van der Waals surface area contributed by atoms with Crippen LogP contribution in [0, 0.1) is 0 Å². The Morgan fingerprint density at radius 3 is 2.88 bits per heavy atom. The Labute approximate surface area is 96.8 Å². The molecule has 1 rings (SSSR count). The molecule has 0 saturated heterocycles. The van der Waals surface area contributed by atoms with Crippen molar-refractivity contribution in [2.24, 2.45) is 0 Å². The van der Waals surface area contributed by atoms with E-state index in [9.17, 15) is 9.59 Å². The maximum absolute atomic E-state index is 11.5. The lowest BCUT2D eigenvalue weighted by Gasteiger charge is -2.12. The summed E-state index contributed by atoms with van der Waals surface area (Å²) in [5, 5.41) is 16.4. The summed E-state index contributed by atoms with van der Waals surface area (Å²) < 4.78 is 3.54. The van der Waals surface area contributed by atoms with Gasteiger partial charge in [-0.1, -0.05) is 24.3 Å². The van der Waals surface area contributed by atoms with E-state index in [0.717, 1.165) is 24.4 Å². The van der Waals surface area contributed by atoms with Gasteiger partial charge in [0.15, 0.2) is 5.69 Å². The standard InChI is InChI=1S/C9H13N3O3S/c1-2-3-4-6(9(14)15)10-8(13)7-5-16-12-11-7/h5-6H,2-4H2,1H3,(H,10,13)(H,14,15)/t6-/m1/s1. The van der Waals surface area contributed by atoms with Crippen LogP contribution in [0.4, 0.5) is 0 Å². The number of carboxylic acid groups (broad SMARTS) is 1. The van der Waals surface area contributed by atoms with Crippen LogP contribution in [0.2, 0.25) is 0 Å². The summed E-state index contributed by atoms with van der Waals surface area (Å²) in [6.45, 7) is 1.96. The van der Waals surface area contributed by atoms with Crippen LogP contribution >= 0.6 is 11.5 Å². The lowest BCUT2D eigenvalue weighted by molar-refractivity contribution is -0.139. The zero-order valence-electron chi connectivity index (χ0n) is 8.84. The highest BCUT2D eigenvalue weighted by molar-refractivity contribution is 7.03. The summed E-state index contributed by atoms with van der Waals surface area (Å²) in [7, 11) is 0. The van der Waals surface area contributed by atoms with Gasteiger partial charge < -0.3 is 10.4 Å². The molecule has 0 fully saturated rings. The van der Waals surface area contributed by atoms with E-state index in [1.54, 1.807) is 0 Å². The van der Waals surface area contributed by atoms with Crippen LogP contribution in [-0.4, -0.2) is 32.6 Å². The van der Waals surface area contributed by atoms with E-state index in [-0.39, 0.29) is 5.69 Å². The third-order valence-corrected chi connectivity index (χ3v) is 2.55. The van der Waals surface area contributed by atoms with E-state index in [1.807, 2.05) is 6.92 Å². The van der Waals surface area contributed by atoms with E-state index in [2.05, 4.69) is 14.9 Å². The molecule has 2 N–H and O–H groups in total. The van der Waals surface area contributed by atoms with E-state index in [0.29, 0.717) is 6.42 Å². The number of hydrogen-bond donors (Lipinski definition) is 2. The first-order valence-corrected chi connectivity index (χ1v) is 5.79. The molecule has 1 aromatic rings. The Balaban J connectivity index is 2.54. The number of rotatable bonds is 6. The van der Waals surface area contributed by atoms with Crippen LogP contribution < -0.4 is 5.32 Å². The van der Waals surface area contributed by atoms with Gasteiger partial charge in [0.1, 0.15) is 6.04 Å². The second-order valence-electron chi connectivity index (χ2n) is 3.30. The molecule has 1 atom stereocenters. The Bertz CT molecular complexity index is 353. The molecule has 0 aliphatic carbocycles. The monoisotopic (exact) mass is 243 g/mol. The van der Waals surface area contributed by atoms with Gasteiger partial charge >= 0.3 is 5.97 Å². The predicted octanol–water partition coefficient (Wildman–Crippen LogP) is 0.911. The Morgan fingerprint density at radius 2 is 2.38 bits per heavy atom. The van der Waals surface area contributed by atoms with E-state index >= 15 is 0 Å². The van der Waals surface area contributed by atoms with Crippen LogP contribution in [-0.2, 0) is 4.79 Å². The van der Waals surface area contributed by atoms with Gasteiger partial charge in [0.05, 0.1) is 0 Å². The highest BCUT2D eigenvalue weighted by Gasteiger charge is 2.20. The van der Waals surface area contributed by atoms with Gasteiger partial charge in [-0.3, -0.25) is 4.79 Å². The topological polar surface area (TPSA) is 92.2 Å². The van der Waals surface area contributed by atoms with E-state index in [4.69, 9.17) is 5.11 Å². The smallest absolute Gasteiger partial charge is 0.326 e. The van der Waals surface area contributed by atoms with Crippen LogP contribution in [0.5, 0.6) is 0 Å². The number of carbonyl (C=O) groups excluding carboxylic acids is 1. The molecule has 88 valence electrons. The van der Waals surface area contributed by atoms with Crippen LogP contribution in [0.15, 0.2) is 5.38 Å². The van der Waals surface area contributed by atoms with Gasteiger partial charge in [0, 0.05) is 5.38 Å². The molecule has 0 unspecified atom stereocenters. The molecule has 1 amide bonds. The van der Waals surface area contributed by atoms with Crippen molar-refractivity contribution >= 4 is 23.4 Å². The van der Waals surface area contributed by atoms with Crippen molar-refractivity contribution in [2.45, 2.75) is 32.2 Å². The quantitative estimate of drug-likeness (QED) is 0.774. The third kappa shape index (κ3) is 3.58. The van der Waals surface area contributed by atoms with Gasteiger partial charge in [-0.15, -0.1) is 5.10 Å². The molecular formula is C9H13N3O3S. The lowest BCUT2D eigenvalue weighted by atomic mass is 10.1. The number of aromatic nitrogens is 2. The van der Waals surface area contributed by atoms with Crippen molar-refractivity contribution in [2.75, 3.05) is 0 Å². The Morgan fingerprint density at radius 1 is 1.62 bits per heavy atom. The average Bonchev–Trinajstić information content (AvgIpc) is 2.76. The van der Waals surface area contributed by atoms with Crippen molar-refractivity contribution < 1.29 is 14.7 Å². The van der Waals surface area contributed by atoms with Gasteiger partial charge in [0.2, 0.25) is 0 Å². The van der Waals surface area contributed by atoms with Crippen molar-refractivity contribution in [3.05, 3.63) is 11.1 Å². The number of nitrogens with zero attached hydrogens (tertiary/aromatic N) is 2. The van der Waals surface area contributed by atoms with Crippen molar-refractivity contribution in [1.29, 1.82) is 0 Å². The predicted molar refractivity (Wildman–Crippen MR) is 58.3 cm³/mol. The molecule has 1 heterocycles. The molecule has 0 saturated carbocycles. The highest BCUT2D eigenvalue weighted by atomic mass is 32.1. The highest BCUT2D eigenvalue weighted by Crippen LogP contribution is 2.03. The number of carbonyl (C=O) groups is 2. The minimum atomic E-state index is -1.02. The minimum absolute atomic E-state index is 0.160. The molecule has 6 nitrogen and oxygen atoms in total. The molecule has 0 aromatic carbocycles. The summed E-state index contributed by atoms with van der Waals surface area (Å²) in [5.41, 5.74) is 0.160. The summed E-state index contributed by atoms with van der Waals surface area (Å²) in [6.07, 6.45) is 2.07. The fraction of sp³-hybridized carbons (Fsp3) is 0.556. The Hall–Kier alpha value is -1.50.